The van der Waals surface area contributed by atoms with E-state index in [1.54, 1.807) is 18.6 Å². The maximum absolute atomic E-state index is 12.7. The maximum Gasteiger partial charge on any atom is 0.243 e. The van der Waals surface area contributed by atoms with E-state index in [2.05, 4.69) is 15.3 Å². The molecular formula is C21H28N4O3. The van der Waals surface area contributed by atoms with Gasteiger partial charge in [0.05, 0.1) is 24.5 Å². The Morgan fingerprint density at radius 3 is 2.75 bits per heavy atom. The van der Waals surface area contributed by atoms with E-state index in [9.17, 15) is 9.90 Å². The van der Waals surface area contributed by atoms with E-state index >= 15 is 0 Å². The summed E-state index contributed by atoms with van der Waals surface area (Å²) < 4.78 is 6.08. The van der Waals surface area contributed by atoms with Gasteiger partial charge in [-0.05, 0) is 30.9 Å². The van der Waals surface area contributed by atoms with E-state index in [1.165, 1.54) is 0 Å². The predicted octanol–water partition coefficient (Wildman–Crippen LogP) is 2.11. The van der Waals surface area contributed by atoms with Crippen LogP contribution in [-0.4, -0.2) is 46.7 Å². The van der Waals surface area contributed by atoms with Crippen LogP contribution in [0.1, 0.15) is 38.1 Å². The Bertz CT molecular complexity index is 813. The average molecular weight is 384 g/mol. The van der Waals surface area contributed by atoms with Crippen LogP contribution < -0.4 is 15.0 Å². The second kappa shape index (κ2) is 8.56. The Labute approximate surface area is 165 Å². The quantitative estimate of drug-likeness (QED) is 0.821. The standard InChI is InChI=1S/C21H28N4O3/c1-13(2)20-21(27)24-16(12-26)9-15-5-6-17(10-19(15)25(20)4)28-14(3)18-11-22-7-8-23-18/h5-8,10-11,13-14,16,20,26H,9,12H2,1-4H3,(H,24,27)/t14?,16-,20-/m1/s1. The molecule has 3 atom stereocenters. The number of nitrogens with one attached hydrogen (secondary N) is 1. The zero-order chi connectivity index (χ0) is 20.3. The number of aliphatic hydroxyl groups excluding tert-OH is 1. The fourth-order valence-electron chi connectivity index (χ4n) is 3.69. The third-order valence-electron chi connectivity index (χ3n) is 5.10. The molecule has 2 aromatic rings. The van der Waals surface area contributed by atoms with Gasteiger partial charge < -0.3 is 20.1 Å². The van der Waals surface area contributed by atoms with Gasteiger partial charge in [0.25, 0.3) is 0 Å². The monoisotopic (exact) mass is 384 g/mol. The van der Waals surface area contributed by atoms with Crippen LogP contribution in [0.15, 0.2) is 36.8 Å². The number of aliphatic hydroxyl groups is 1. The van der Waals surface area contributed by atoms with Gasteiger partial charge in [0, 0.05) is 31.2 Å². The lowest BCUT2D eigenvalue weighted by Gasteiger charge is -2.37. The molecule has 150 valence electrons. The van der Waals surface area contributed by atoms with Crippen LogP contribution >= 0.6 is 0 Å². The SMILES string of the molecule is CC(Oc1ccc2c(c1)N(C)[C@H](C(C)C)C(=O)N[C@@H](CO)C2)c1cnccn1. The molecule has 0 radical (unpaired) electrons. The Morgan fingerprint density at radius 1 is 1.32 bits per heavy atom. The minimum atomic E-state index is -0.333. The highest BCUT2D eigenvalue weighted by atomic mass is 16.5. The van der Waals surface area contributed by atoms with E-state index in [1.807, 2.05) is 50.9 Å². The summed E-state index contributed by atoms with van der Waals surface area (Å²) in [6.45, 7) is 5.87. The molecular weight excluding hydrogens is 356 g/mol. The normalized spacial score (nSPS) is 20.8. The molecule has 0 spiro atoms. The number of nitrogens with zero attached hydrogens (tertiary/aromatic N) is 3. The van der Waals surface area contributed by atoms with E-state index in [0.717, 1.165) is 16.9 Å². The predicted molar refractivity (Wildman–Crippen MR) is 107 cm³/mol. The Balaban J connectivity index is 1.93. The van der Waals surface area contributed by atoms with Gasteiger partial charge in [-0.1, -0.05) is 19.9 Å². The molecule has 7 heteroatoms. The number of carbonyl (C=O) groups excluding carboxylic acids is 1. The minimum absolute atomic E-state index is 0.0681. The first-order chi connectivity index (χ1) is 13.4. The number of amides is 1. The van der Waals surface area contributed by atoms with Gasteiger partial charge in [-0.25, -0.2) is 0 Å². The van der Waals surface area contributed by atoms with Crippen molar-refractivity contribution < 1.29 is 14.6 Å². The molecule has 1 aliphatic rings. The fourth-order valence-corrected chi connectivity index (χ4v) is 3.69. The van der Waals surface area contributed by atoms with Crippen LogP contribution in [0.2, 0.25) is 0 Å². The zero-order valence-corrected chi connectivity index (χ0v) is 16.8. The number of rotatable bonds is 5. The van der Waals surface area contributed by atoms with E-state index in [0.29, 0.717) is 12.2 Å². The van der Waals surface area contributed by atoms with Crippen molar-refractivity contribution in [1.82, 2.24) is 15.3 Å². The van der Waals surface area contributed by atoms with Crippen LogP contribution in [-0.2, 0) is 11.2 Å². The first kappa shape index (κ1) is 20.1. The molecule has 0 saturated carbocycles. The summed E-state index contributed by atoms with van der Waals surface area (Å²) in [6.07, 6.45) is 5.28. The summed E-state index contributed by atoms with van der Waals surface area (Å²) in [6, 6.07) is 5.25. The van der Waals surface area contributed by atoms with Crippen molar-refractivity contribution in [3.8, 4) is 5.75 Å². The number of benzene rings is 1. The van der Waals surface area contributed by atoms with Crippen LogP contribution in [0.25, 0.3) is 0 Å². The summed E-state index contributed by atoms with van der Waals surface area (Å²) in [7, 11) is 1.93. The van der Waals surface area contributed by atoms with E-state index in [-0.39, 0.29) is 36.6 Å². The van der Waals surface area contributed by atoms with E-state index in [4.69, 9.17) is 4.74 Å². The molecule has 1 amide bonds. The smallest absolute Gasteiger partial charge is 0.243 e. The van der Waals surface area contributed by atoms with Crippen molar-refractivity contribution in [2.45, 2.75) is 45.4 Å². The van der Waals surface area contributed by atoms with Crippen LogP contribution in [0, 0.1) is 5.92 Å². The lowest BCUT2D eigenvalue weighted by atomic mass is 9.95. The second-order valence-corrected chi connectivity index (χ2v) is 7.57. The molecule has 0 saturated heterocycles. The van der Waals surface area contributed by atoms with Crippen molar-refractivity contribution in [2.75, 3.05) is 18.6 Å². The Hall–Kier alpha value is -2.67. The number of hydrogen-bond donors (Lipinski definition) is 2. The highest BCUT2D eigenvalue weighted by Crippen LogP contribution is 2.32. The maximum atomic E-state index is 12.7. The number of ether oxygens (including phenoxy) is 1. The van der Waals surface area contributed by atoms with Crippen molar-refractivity contribution in [1.29, 1.82) is 0 Å². The zero-order valence-electron chi connectivity index (χ0n) is 16.8. The molecule has 1 aromatic heterocycles. The summed E-state index contributed by atoms with van der Waals surface area (Å²) in [5, 5.41) is 12.6. The van der Waals surface area contributed by atoms with Crippen LogP contribution in [0.5, 0.6) is 5.75 Å². The van der Waals surface area contributed by atoms with Crippen LogP contribution in [0.4, 0.5) is 5.69 Å². The average Bonchev–Trinajstić information content (AvgIpc) is 2.67. The number of fused-ring (bicyclic) bond motifs is 1. The highest BCUT2D eigenvalue weighted by Gasteiger charge is 2.32. The molecule has 0 aliphatic carbocycles. The molecule has 2 heterocycles. The van der Waals surface area contributed by atoms with Crippen molar-refractivity contribution in [3.05, 3.63) is 48.0 Å². The lowest BCUT2D eigenvalue weighted by Crippen LogP contribution is -2.54. The Morgan fingerprint density at radius 2 is 2.11 bits per heavy atom. The third kappa shape index (κ3) is 4.25. The topological polar surface area (TPSA) is 87.6 Å². The first-order valence-corrected chi connectivity index (χ1v) is 9.60. The second-order valence-electron chi connectivity index (χ2n) is 7.57. The molecule has 1 unspecified atom stereocenters. The highest BCUT2D eigenvalue weighted by molar-refractivity contribution is 5.86. The van der Waals surface area contributed by atoms with Gasteiger partial charge in [-0.3, -0.25) is 14.8 Å². The number of hydrogen-bond acceptors (Lipinski definition) is 6. The van der Waals surface area contributed by atoms with Crippen molar-refractivity contribution in [2.24, 2.45) is 5.92 Å². The van der Waals surface area contributed by atoms with Gasteiger partial charge in [-0.2, -0.15) is 0 Å². The molecule has 1 aliphatic heterocycles. The summed E-state index contributed by atoms with van der Waals surface area (Å²) in [4.78, 5) is 23.1. The van der Waals surface area contributed by atoms with Crippen molar-refractivity contribution in [3.63, 3.8) is 0 Å². The minimum Gasteiger partial charge on any atom is -0.484 e. The number of aromatic nitrogens is 2. The number of likely N-dealkylation sites (N-methyl/N-ethyl adjacent to an activating group) is 1. The summed E-state index contributed by atoms with van der Waals surface area (Å²) >= 11 is 0. The van der Waals surface area contributed by atoms with Crippen LogP contribution in [0.3, 0.4) is 0 Å². The van der Waals surface area contributed by atoms with Crippen molar-refractivity contribution >= 4 is 11.6 Å². The molecule has 1 aromatic carbocycles. The lowest BCUT2D eigenvalue weighted by molar-refractivity contribution is -0.124. The van der Waals surface area contributed by atoms with Gasteiger partial charge in [0.1, 0.15) is 17.9 Å². The van der Waals surface area contributed by atoms with Gasteiger partial charge >= 0.3 is 0 Å². The molecule has 3 rings (SSSR count). The third-order valence-corrected chi connectivity index (χ3v) is 5.10. The van der Waals surface area contributed by atoms with E-state index < -0.39 is 0 Å². The van der Waals surface area contributed by atoms with Gasteiger partial charge in [0.15, 0.2) is 0 Å². The summed E-state index contributed by atoms with van der Waals surface area (Å²) in [5.74, 6) is 0.743. The number of carbonyl (C=O) groups is 1. The molecule has 0 bridgehead atoms. The van der Waals surface area contributed by atoms with Gasteiger partial charge in [-0.15, -0.1) is 0 Å². The molecule has 7 nitrogen and oxygen atoms in total. The fraction of sp³-hybridized carbons (Fsp3) is 0.476. The Kier molecular flexibility index (Phi) is 6.14. The van der Waals surface area contributed by atoms with Gasteiger partial charge in [0.2, 0.25) is 5.91 Å². The molecule has 28 heavy (non-hydrogen) atoms. The summed E-state index contributed by atoms with van der Waals surface area (Å²) in [5.41, 5.74) is 2.75. The largest absolute Gasteiger partial charge is 0.484 e. The molecule has 0 fully saturated rings. The molecule has 2 N–H and O–H groups in total. The first-order valence-electron chi connectivity index (χ1n) is 9.60. The number of anilines is 1.